The first-order valence-corrected chi connectivity index (χ1v) is 9.70. The predicted octanol–water partition coefficient (Wildman–Crippen LogP) is 5.92. The number of ether oxygens (including phenoxy) is 1. The Balaban J connectivity index is 2.27. The smallest absolute Gasteiger partial charge is 0.410 e. The molecule has 1 heterocycles. The molecule has 0 N–H and O–H groups in total. The summed E-state index contributed by atoms with van der Waals surface area (Å²) < 4.78 is 5.79. The lowest BCUT2D eigenvalue weighted by molar-refractivity contribution is 0.0357. The SMILES string of the molecule is CCCCCCCCC(CC)OC(=O)N1CCCCC1CC. The van der Waals surface area contributed by atoms with Crippen molar-refractivity contribution in [2.45, 2.75) is 110 Å². The minimum absolute atomic E-state index is 0.0654. The van der Waals surface area contributed by atoms with Crippen molar-refractivity contribution in [2.75, 3.05) is 6.54 Å². The maximum absolute atomic E-state index is 12.4. The predicted molar refractivity (Wildman–Crippen MR) is 93.2 cm³/mol. The van der Waals surface area contributed by atoms with Gasteiger partial charge in [-0.25, -0.2) is 4.79 Å². The third kappa shape index (κ3) is 7.02. The molecule has 2 unspecified atom stereocenters. The van der Waals surface area contributed by atoms with Crippen molar-refractivity contribution in [3.8, 4) is 0 Å². The molecular formula is C19H37NO2. The van der Waals surface area contributed by atoms with Crippen LogP contribution in [0.3, 0.4) is 0 Å². The number of piperidine rings is 1. The Morgan fingerprint density at radius 3 is 2.50 bits per heavy atom. The molecular weight excluding hydrogens is 274 g/mol. The Kier molecular flexibility index (Phi) is 10.3. The van der Waals surface area contributed by atoms with Crippen molar-refractivity contribution in [1.29, 1.82) is 0 Å². The second-order valence-corrected chi connectivity index (χ2v) is 6.72. The van der Waals surface area contributed by atoms with Crippen molar-refractivity contribution < 1.29 is 9.53 Å². The molecule has 0 saturated carbocycles. The molecule has 2 atom stereocenters. The lowest BCUT2D eigenvalue weighted by Gasteiger charge is -2.35. The van der Waals surface area contributed by atoms with E-state index in [1.54, 1.807) is 0 Å². The highest BCUT2D eigenvalue weighted by molar-refractivity contribution is 5.68. The summed E-state index contributed by atoms with van der Waals surface area (Å²) >= 11 is 0. The van der Waals surface area contributed by atoms with E-state index in [0.717, 1.165) is 38.6 Å². The van der Waals surface area contributed by atoms with Crippen LogP contribution in [0.1, 0.15) is 97.8 Å². The van der Waals surface area contributed by atoms with E-state index in [2.05, 4.69) is 20.8 Å². The summed E-state index contributed by atoms with van der Waals surface area (Å²) in [5.41, 5.74) is 0. The molecule has 3 nitrogen and oxygen atoms in total. The molecule has 1 rings (SSSR count). The lowest BCUT2D eigenvalue weighted by atomic mass is 10.0. The fourth-order valence-electron chi connectivity index (χ4n) is 3.37. The lowest BCUT2D eigenvalue weighted by Crippen LogP contribution is -2.44. The highest BCUT2D eigenvalue weighted by atomic mass is 16.6. The molecule has 0 aromatic heterocycles. The van der Waals surface area contributed by atoms with E-state index in [-0.39, 0.29) is 12.2 Å². The molecule has 1 saturated heterocycles. The maximum atomic E-state index is 12.4. The zero-order chi connectivity index (χ0) is 16.2. The summed E-state index contributed by atoms with van der Waals surface area (Å²) in [6, 6.07) is 0.396. The zero-order valence-corrected chi connectivity index (χ0v) is 15.1. The second-order valence-electron chi connectivity index (χ2n) is 6.72. The molecule has 1 aliphatic heterocycles. The van der Waals surface area contributed by atoms with Crippen molar-refractivity contribution in [1.82, 2.24) is 4.90 Å². The largest absolute Gasteiger partial charge is 0.446 e. The van der Waals surface area contributed by atoms with Crippen LogP contribution in [0, 0.1) is 0 Å². The number of carbonyl (C=O) groups is 1. The topological polar surface area (TPSA) is 29.5 Å². The highest BCUT2D eigenvalue weighted by Gasteiger charge is 2.27. The molecule has 22 heavy (non-hydrogen) atoms. The molecule has 1 aliphatic rings. The molecule has 0 aliphatic carbocycles. The Bertz CT molecular complexity index is 293. The van der Waals surface area contributed by atoms with Gasteiger partial charge in [0.2, 0.25) is 0 Å². The second kappa shape index (κ2) is 11.8. The number of carbonyl (C=O) groups excluding carboxylic acids is 1. The molecule has 130 valence electrons. The van der Waals surface area contributed by atoms with Crippen molar-refractivity contribution in [3.63, 3.8) is 0 Å². The molecule has 3 heteroatoms. The van der Waals surface area contributed by atoms with Crippen molar-refractivity contribution in [2.24, 2.45) is 0 Å². The van der Waals surface area contributed by atoms with Gasteiger partial charge >= 0.3 is 6.09 Å². The minimum atomic E-state index is -0.0654. The normalized spacial score (nSPS) is 20.0. The van der Waals surface area contributed by atoms with Gasteiger partial charge in [-0.1, -0.05) is 52.9 Å². The van der Waals surface area contributed by atoms with Crippen LogP contribution in [-0.4, -0.2) is 29.7 Å². The summed E-state index contributed by atoms with van der Waals surface area (Å²) in [6.45, 7) is 7.42. The van der Waals surface area contributed by atoms with Gasteiger partial charge in [-0.2, -0.15) is 0 Å². The van der Waals surface area contributed by atoms with Gasteiger partial charge in [-0.3, -0.25) is 0 Å². The van der Waals surface area contributed by atoms with E-state index in [9.17, 15) is 4.79 Å². The average molecular weight is 312 g/mol. The summed E-state index contributed by atoms with van der Waals surface area (Å²) in [5, 5.41) is 0. The van der Waals surface area contributed by atoms with Crippen LogP contribution in [-0.2, 0) is 4.74 Å². The van der Waals surface area contributed by atoms with Gasteiger partial charge in [0, 0.05) is 12.6 Å². The Morgan fingerprint density at radius 2 is 1.82 bits per heavy atom. The van der Waals surface area contributed by atoms with E-state index in [1.807, 2.05) is 4.90 Å². The minimum Gasteiger partial charge on any atom is -0.446 e. The van der Waals surface area contributed by atoms with E-state index in [0.29, 0.717) is 6.04 Å². The van der Waals surface area contributed by atoms with Crippen LogP contribution in [0.2, 0.25) is 0 Å². The fourth-order valence-corrected chi connectivity index (χ4v) is 3.37. The van der Waals surface area contributed by atoms with Gasteiger partial charge in [0.15, 0.2) is 0 Å². The molecule has 0 radical (unpaired) electrons. The van der Waals surface area contributed by atoms with Gasteiger partial charge < -0.3 is 9.64 Å². The number of likely N-dealkylation sites (tertiary alicyclic amines) is 1. The van der Waals surface area contributed by atoms with Crippen LogP contribution in [0.15, 0.2) is 0 Å². The van der Waals surface area contributed by atoms with Gasteiger partial charge in [0.25, 0.3) is 0 Å². The van der Waals surface area contributed by atoms with Gasteiger partial charge in [0.05, 0.1) is 0 Å². The number of hydrogen-bond acceptors (Lipinski definition) is 2. The molecule has 1 amide bonds. The van der Waals surface area contributed by atoms with Gasteiger partial charge in [0.1, 0.15) is 6.10 Å². The first-order valence-electron chi connectivity index (χ1n) is 9.70. The average Bonchev–Trinajstić information content (AvgIpc) is 2.56. The Morgan fingerprint density at radius 1 is 1.09 bits per heavy atom. The molecule has 0 aromatic carbocycles. The standard InChI is InChI=1S/C19H37NO2/c1-4-7-8-9-10-11-15-18(6-3)22-19(21)20-16-13-12-14-17(20)5-2/h17-18H,4-16H2,1-3H3. The van der Waals surface area contributed by atoms with Gasteiger partial charge in [-0.15, -0.1) is 0 Å². The molecule has 0 aromatic rings. The maximum Gasteiger partial charge on any atom is 0.410 e. The summed E-state index contributed by atoms with van der Waals surface area (Å²) in [5.74, 6) is 0. The summed E-state index contributed by atoms with van der Waals surface area (Å²) in [7, 11) is 0. The quantitative estimate of drug-likeness (QED) is 0.469. The number of unbranched alkanes of at least 4 members (excludes halogenated alkanes) is 5. The summed E-state index contributed by atoms with van der Waals surface area (Å²) in [4.78, 5) is 14.4. The molecule has 0 bridgehead atoms. The third-order valence-corrected chi connectivity index (χ3v) is 4.94. The Labute approximate surface area is 137 Å². The van der Waals surface area contributed by atoms with Crippen LogP contribution in [0.4, 0.5) is 4.79 Å². The van der Waals surface area contributed by atoms with E-state index >= 15 is 0 Å². The molecule has 1 fully saturated rings. The Hall–Kier alpha value is -0.730. The van der Waals surface area contributed by atoms with E-state index < -0.39 is 0 Å². The highest BCUT2D eigenvalue weighted by Crippen LogP contribution is 2.22. The first kappa shape index (κ1) is 19.3. The third-order valence-electron chi connectivity index (χ3n) is 4.94. The molecule has 0 spiro atoms. The van der Waals surface area contributed by atoms with E-state index in [1.165, 1.54) is 44.9 Å². The van der Waals surface area contributed by atoms with Gasteiger partial charge in [-0.05, 0) is 44.9 Å². The monoisotopic (exact) mass is 311 g/mol. The van der Waals surface area contributed by atoms with Crippen molar-refractivity contribution in [3.05, 3.63) is 0 Å². The van der Waals surface area contributed by atoms with Crippen LogP contribution < -0.4 is 0 Å². The van der Waals surface area contributed by atoms with Crippen LogP contribution >= 0.6 is 0 Å². The van der Waals surface area contributed by atoms with Crippen molar-refractivity contribution >= 4 is 6.09 Å². The zero-order valence-electron chi connectivity index (χ0n) is 15.1. The first-order chi connectivity index (χ1) is 10.7. The number of amides is 1. The number of nitrogens with zero attached hydrogens (tertiary/aromatic N) is 1. The van der Waals surface area contributed by atoms with E-state index in [4.69, 9.17) is 4.74 Å². The van der Waals surface area contributed by atoms with Crippen LogP contribution in [0.25, 0.3) is 0 Å². The summed E-state index contributed by atoms with van der Waals surface area (Å²) in [6.07, 6.45) is 14.3. The van der Waals surface area contributed by atoms with Crippen LogP contribution in [0.5, 0.6) is 0 Å². The fraction of sp³-hybridized carbons (Fsp3) is 0.947. The number of hydrogen-bond donors (Lipinski definition) is 0. The number of rotatable bonds is 10.